The van der Waals surface area contributed by atoms with Gasteiger partial charge in [0.1, 0.15) is 6.04 Å². The molecule has 2 N–H and O–H groups in total. The van der Waals surface area contributed by atoms with Gasteiger partial charge in [0.25, 0.3) is 5.91 Å². The molecule has 7 heteroatoms. The Kier molecular flexibility index (Phi) is 4.02. The van der Waals surface area contributed by atoms with E-state index in [1.807, 2.05) is 18.2 Å². The first-order valence-electron chi connectivity index (χ1n) is 9.83. The molecule has 27 heavy (non-hydrogen) atoms. The molecule has 2 bridgehead atoms. The monoisotopic (exact) mass is 368 g/mol. The topological polar surface area (TPSA) is 81.8 Å². The Labute approximate surface area is 158 Å². The van der Waals surface area contributed by atoms with Gasteiger partial charge in [-0.3, -0.25) is 24.6 Å². The van der Waals surface area contributed by atoms with Gasteiger partial charge in [0, 0.05) is 50.2 Å². The van der Waals surface area contributed by atoms with Crippen LogP contribution in [-0.4, -0.2) is 58.7 Å². The Morgan fingerprint density at radius 3 is 2.81 bits per heavy atom. The average molecular weight is 368 g/mol. The molecule has 7 nitrogen and oxygen atoms in total. The number of hydrogen-bond donors (Lipinski definition) is 2. The lowest BCUT2D eigenvalue weighted by Crippen LogP contribution is -2.52. The molecule has 1 atom stereocenters. The van der Waals surface area contributed by atoms with Gasteiger partial charge in [0.15, 0.2) is 0 Å². The number of carbonyl (C=O) groups is 3. The number of imide groups is 1. The molecule has 0 aromatic heterocycles. The van der Waals surface area contributed by atoms with Crippen molar-refractivity contribution in [1.82, 2.24) is 20.4 Å². The first-order chi connectivity index (χ1) is 13.1. The molecular weight excluding hydrogens is 344 g/mol. The second-order valence-electron chi connectivity index (χ2n) is 8.10. The quantitative estimate of drug-likeness (QED) is 0.754. The third-order valence-corrected chi connectivity index (χ3v) is 6.47. The molecule has 5 aliphatic rings. The summed E-state index contributed by atoms with van der Waals surface area (Å²) in [6.07, 6.45) is 3.06. The van der Waals surface area contributed by atoms with E-state index < -0.39 is 6.04 Å². The molecule has 4 fully saturated rings. The Bertz CT molecular complexity index is 817. The maximum absolute atomic E-state index is 13.2. The van der Waals surface area contributed by atoms with Crippen LogP contribution in [-0.2, 0) is 22.7 Å². The Hall–Kier alpha value is -2.25. The fourth-order valence-electron chi connectivity index (χ4n) is 4.90. The summed E-state index contributed by atoms with van der Waals surface area (Å²) in [6.45, 7) is 3.21. The van der Waals surface area contributed by atoms with E-state index in [2.05, 4.69) is 15.5 Å². The minimum absolute atomic E-state index is 0.0745. The highest BCUT2D eigenvalue weighted by Gasteiger charge is 2.41. The Morgan fingerprint density at radius 1 is 1.15 bits per heavy atom. The van der Waals surface area contributed by atoms with E-state index in [1.54, 1.807) is 4.90 Å². The van der Waals surface area contributed by atoms with E-state index in [-0.39, 0.29) is 24.1 Å². The molecule has 3 amide bonds. The molecule has 1 unspecified atom stereocenters. The molecule has 6 rings (SSSR count). The van der Waals surface area contributed by atoms with Crippen LogP contribution in [0.2, 0.25) is 0 Å². The van der Waals surface area contributed by atoms with Crippen LogP contribution in [0.25, 0.3) is 0 Å². The standard InChI is InChI=1S/C20H24N4O3/c25-17-5-4-16(19(26)22-17)24-11-13-3-1-2-12(18(13)20(24)27)10-23-7-6-21-14-8-15(23)9-14/h1-3,14-16,21H,4-11H2,(H,22,25,26). The number of fused-ring (bicyclic) bond motifs is 4. The van der Waals surface area contributed by atoms with Gasteiger partial charge in [-0.2, -0.15) is 0 Å². The number of nitrogens with one attached hydrogen (secondary N) is 2. The third kappa shape index (κ3) is 2.85. The highest BCUT2D eigenvalue weighted by molar-refractivity contribution is 6.05. The van der Waals surface area contributed by atoms with Crippen molar-refractivity contribution in [3.05, 3.63) is 34.9 Å². The number of rotatable bonds is 3. The summed E-state index contributed by atoms with van der Waals surface area (Å²) in [7, 11) is 0. The van der Waals surface area contributed by atoms with Gasteiger partial charge in [-0.15, -0.1) is 0 Å². The number of amides is 3. The lowest BCUT2D eigenvalue weighted by molar-refractivity contribution is -0.136. The summed E-state index contributed by atoms with van der Waals surface area (Å²) in [6, 6.07) is 6.74. The zero-order chi connectivity index (χ0) is 18.5. The summed E-state index contributed by atoms with van der Waals surface area (Å²) in [5, 5.41) is 5.92. The van der Waals surface area contributed by atoms with E-state index in [1.165, 1.54) is 12.8 Å². The highest BCUT2D eigenvalue weighted by Crippen LogP contribution is 2.33. The number of piperidine rings is 1. The first-order valence-corrected chi connectivity index (χ1v) is 9.83. The van der Waals surface area contributed by atoms with Crippen molar-refractivity contribution in [2.45, 2.75) is 56.9 Å². The summed E-state index contributed by atoms with van der Waals surface area (Å²) in [5.41, 5.74) is 2.80. The molecule has 142 valence electrons. The van der Waals surface area contributed by atoms with Crippen LogP contribution in [0, 0.1) is 0 Å². The Morgan fingerprint density at radius 2 is 2.00 bits per heavy atom. The second-order valence-corrected chi connectivity index (χ2v) is 8.10. The lowest BCUT2D eigenvalue weighted by Gasteiger charge is -2.39. The molecule has 0 radical (unpaired) electrons. The molecule has 0 spiro atoms. The van der Waals surface area contributed by atoms with Crippen molar-refractivity contribution >= 4 is 17.7 Å². The maximum Gasteiger partial charge on any atom is 0.255 e. The van der Waals surface area contributed by atoms with Crippen molar-refractivity contribution in [1.29, 1.82) is 0 Å². The van der Waals surface area contributed by atoms with Gasteiger partial charge in [-0.1, -0.05) is 18.2 Å². The first kappa shape index (κ1) is 16.9. The molecule has 1 saturated carbocycles. The molecule has 1 aromatic rings. The van der Waals surface area contributed by atoms with Crippen molar-refractivity contribution < 1.29 is 14.4 Å². The van der Waals surface area contributed by atoms with Crippen molar-refractivity contribution in [2.24, 2.45) is 0 Å². The highest BCUT2D eigenvalue weighted by atomic mass is 16.2. The summed E-state index contributed by atoms with van der Waals surface area (Å²) in [5.74, 6) is -0.683. The van der Waals surface area contributed by atoms with Crippen LogP contribution in [0.4, 0.5) is 0 Å². The second kappa shape index (κ2) is 6.42. The van der Waals surface area contributed by atoms with Crippen molar-refractivity contribution in [3.8, 4) is 0 Å². The maximum atomic E-state index is 13.2. The van der Waals surface area contributed by atoms with E-state index in [0.717, 1.165) is 36.3 Å². The molecule has 3 saturated heterocycles. The van der Waals surface area contributed by atoms with E-state index in [4.69, 9.17) is 0 Å². The number of carbonyl (C=O) groups excluding carboxylic acids is 3. The minimum atomic E-state index is -0.551. The lowest BCUT2D eigenvalue weighted by atomic mass is 9.86. The van der Waals surface area contributed by atoms with Crippen LogP contribution in [0.15, 0.2) is 18.2 Å². The van der Waals surface area contributed by atoms with Crippen LogP contribution in [0.5, 0.6) is 0 Å². The third-order valence-electron chi connectivity index (χ3n) is 6.47. The average Bonchev–Trinajstić information content (AvgIpc) is 2.75. The molecule has 1 aromatic carbocycles. The fourth-order valence-corrected chi connectivity index (χ4v) is 4.90. The smallest absolute Gasteiger partial charge is 0.255 e. The Balaban J connectivity index is 1.38. The molecule has 4 aliphatic heterocycles. The predicted molar refractivity (Wildman–Crippen MR) is 97.7 cm³/mol. The zero-order valence-corrected chi connectivity index (χ0v) is 15.2. The van der Waals surface area contributed by atoms with E-state index >= 15 is 0 Å². The van der Waals surface area contributed by atoms with Crippen molar-refractivity contribution in [2.75, 3.05) is 13.1 Å². The van der Waals surface area contributed by atoms with Gasteiger partial charge in [0.2, 0.25) is 11.8 Å². The number of hydrogen-bond acceptors (Lipinski definition) is 5. The number of nitrogens with zero attached hydrogens (tertiary/aromatic N) is 2. The van der Waals surface area contributed by atoms with E-state index in [9.17, 15) is 14.4 Å². The van der Waals surface area contributed by atoms with Crippen LogP contribution < -0.4 is 10.6 Å². The van der Waals surface area contributed by atoms with Gasteiger partial charge in [0.05, 0.1) is 0 Å². The zero-order valence-electron chi connectivity index (χ0n) is 15.2. The van der Waals surface area contributed by atoms with Gasteiger partial charge < -0.3 is 10.2 Å². The largest absolute Gasteiger partial charge is 0.322 e. The predicted octanol–water partition coefficient (Wildman–Crippen LogP) is 0.384. The normalized spacial score (nSPS) is 30.6. The van der Waals surface area contributed by atoms with Crippen LogP contribution >= 0.6 is 0 Å². The van der Waals surface area contributed by atoms with E-state index in [0.29, 0.717) is 25.0 Å². The van der Waals surface area contributed by atoms with Crippen molar-refractivity contribution in [3.63, 3.8) is 0 Å². The van der Waals surface area contributed by atoms with Gasteiger partial charge in [-0.25, -0.2) is 0 Å². The summed E-state index contributed by atoms with van der Waals surface area (Å²) >= 11 is 0. The molecular formula is C20H24N4O3. The molecule has 1 aliphatic carbocycles. The summed E-state index contributed by atoms with van der Waals surface area (Å²) < 4.78 is 0. The SMILES string of the molecule is O=C1CCC(N2Cc3cccc(CN4CCNC5CC4C5)c3C2=O)C(=O)N1. The van der Waals surface area contributed by atoms with Crippen LogP contribution in [0.3, 0.4) is 0 Å². The van der Waals surface area contributed by atoms with Crippen LogP contribution in [0.1, 0.15) is 47.2 Å². The van der Waals surface area contributed by atoms with Gasteiger partial charge in [-0.05, 0) is 30.4 Å². The molecule has 4 heterocycles. The summed E-state index contributed by atoms with van der Waals surface area (Å²) in [4.78, 5) is 41.0. The minimum Gasteiger partial charge on any atom is -0.322 e. The van der Waals surface area contributed by atoms with Gasteiger partial charge >= 0.3 is 0 Å². The number of benzene rings is 1. The fraction of sp³-hybridized carbons (Fsp3) is 0.550.